The highest BCUT2D eigenvalue weighted by molar-refractivity contribution is 6.18. The molecule has 1 N–H and O–H groups in total. The van der Waals surface area contributed by atoms with Crippen molar-refractivity contribution < 1.29 is 9.21 Å². The number of aryl methyl sites for hydroxylation is 1. The summed E-state index contributed by atoms with van der Waals surface area (Å²) in [5, 5.41) is 2.86. The van der Waals surface area contributed by atoms with Crippen LogP contribution in [0.1, 0.15) is 36.6 Å². The van der Waals surface area contributed by atoms with E-state index < -0.39 is 0 Å². The van der Waals surface area contributed by atoms with Crippen LogP contribution in [0.5, 0.6) is 0 Å². The van der Waals surface area contributed by atoms with E-state index in [1.54, 1.807) is 19.1 Å². The molecule has 84 valence electrons. The number of amides is 1. The Labute approximate surface area is 94.8 Å². The van der Waals surface area contributed by atoms with Gasteiger partial charge in [-0.2, -0.15) is 0 Å². The molecule has 0 spiro atoms. The maximum atomic E-state index is 11.7. The molecule has 1 rings (SSSR count). The zero-order chi connectivity index (χ0) is 11.5. The molecule has 4 heteroatoms. The molecule has 0 radical (unpaired) electrons. The van der Waals surface area contributed by atoms with E-state index in [1.807, 2.05) is 13.8 Å². The molecular weight excluding hydrogens is 214 g/mol. The largest absolute Gasteiger partial charge is 0.456 e. The van der Waals surface area contributed by atoms with E-state index in [-0.39, 0.29) is 11.4 Å². The van der Waals surface area contributed by atoms with Gasteiger partial charge in [0.2, 0.25) is 0 Å². The Bertz CT molecular complexity index is 342. The number of halogens is 1. The molecule has 0 saturated carbocycles. The van der Waals surface area contributed by atoms with Crippen LogP contribution in [0.2, 0.25) is 0 Å². The van der Waals surface area contributed by atoms with Crippen molar-refractivity contribution in [3.05, 3.63) is 23.7 Å². The van der Waals surface area contributed by atoms with Crippen molar-refractivity contribution in [3.63, 3.8) is 0 Å². The second-order valence-corrected chi connectivity index (χ2v) is 4.18. The van der Waals surface area contributed by atoms with Gasteiger partial charge in [0.15, 0.2) is 5.76 Å². The van der Waals surface area contributed by atoms with Crippen LogP contribution in [-0.4, -0.2) is 17.3 Å². The van der Waals surface area contributed by atoms with Crippen LogP contribution in [0.4, 0.5) is 0 Å². The molecule has 0 aliphatic heterocycles. The summed E-state index contributed by atoms with van der Waals surface area (Å²) in [5.74, 6) is 1.23. The predicted octanol–water partition coefficient (Wildman–Crippen LogP) is 2.73. The number of hydrogen-bond donors (Lipinski definition) is 1. The van der Waals surface area contributed by atoms with E-state index in [0.29, 0.717) is 11.6 Å². The topological polar surface area (TPSA) is 42.2 Å². The zero-order valence-electron chi connectivity index (χ0n) is 9.26. The molecule has 0 aliphatic carbocycles. The molecule has 1 atom stereocenters. The van der Waals surface area contributed by atoms with Gasteiger partial charge < -0.3 is 9.73 Å². The predicted molar refractivity (Wildman–Crippen MR) is 60.3 cm³/mol. The van der Waals surface area contributed by atoms with Crippen molar-refractivity contribution in [2.75, 3.05) is 5.88 Å². The van der Waals surface area contributed by atoms with Crippen molar-refractivity contribution in [2.45, 2.75) is 32.7 Å². The van der Waals surface area contributed by atoms with Crippen LogP contribution in [0.3, 0.4) is 0 Å². The summed E-state index contributed by atoms with van der Waals surface area (Å²) in [6.07, 6.45) is 0.780. The third kappa shape index (κ3) is 2.99. The van der Waals surface area contributed by atoms with E-state index in [2.05, 4.69) is 5.32 Å². The molecule has 0 saturated heterocycles. The molecule has 0 bridgehead atoms. The summed E-state index contributed by atoms with van der Waals surface area (Å²) in [7, 11) is 0. The Morgan fingerprint density at radius 3 is 2.67 bits per heavy atom. The second-order valence-electron chi connectivity index (χ2n) is 3.91. The van der Waals surface area contributed by atoms with Crippen molar-refractivity contribution in [1.82, 2.24) is 5.32 Å². The highest BCUT2D eigenvalue weighted by atomic mass is 35.5. The SMILES string of the molecule is CCC(C)(CCl)NC(=O)c1ccc(C)o1. The van der Waals surface area contributed by atoms with Gasteiger partial charge >= 0.3 is 0 Å². The van der Waals surface area contributed by atoms with Gasteiger partial charge in [0.25, 0.3) is 5.91 Å². The lowest BCUT2D eigenvalue weighted by molar-refractivity contribution is 0.0882. The smallest absolute Gasteiger partial charge is 0.287 e. The lowest BCUT2D eigenvalue weighted by Crippen LogP contribution is -2.46. The minimum Gasteiger partial charge on any atom is -0.456 e. The first-order chi connectivity index (χ1) is 7.00. The van der Waals surface area contributed by atoms with Crippen LogP contribution in [0.25, 0.3) is 0 Å². The van der Waals surface area contributed by atoms with Gasteiger partial charge in [-0.3, -0.25) is 4.79 Å². The second kappa shape index (κ2) is 4.71. The quantitative estimate of drug-likeness (QED) is 0.807. The maximum absolute atomic E-state index is 11.7. The van der Waals surface area contributed by atoms with Gasteiger partial charge in [-0.1, -0.05) is 6.92 Å². The number of carbonyl (C=O) groups is 1. The minimum absolute atomic E-state index is 0.215. The van der Waals surface area contributed by atoms with Gasteiger partial charge in [0.05, 0.1) is 5.54 Å². The number of furan rings is 1. The lowest BCUT2D eigenvalue weighted by Gasteiger charge is -2.26. The molecule has 3 nitrogen and oxygen atoms in total. The number of alkyl halides is 1. The van der Waals surface area contributed by atoms with E-state index in [9.17, 15) is 4.79 Å². The molecule has 1 aromatic rings. The first-order valence-electron chi connectivity index (χ1n) is 4.95. The normalized spacial score (nSPS) is 14.7. The highest BCUT2D eigenvalue weighted by Gasteiger charge is 2.24. The minimum atomic E-state index is -0.376. The third-order valence-corrected chi connectivity index (χ3v) is 3.04. The summed E-state index contributed by atoms with van der Waals surface area (Å²) < 4.78 is 5.23. The molecular formula is C11H16ClNO2. The van der Waals surface area contributed by atoms with Crippen LogP contribution in [0, 0.1) is 6.92 Å². The molecule has 0 fully saturated rings. The van der Waals surface area contributed by atoms with Crippen molar-refractivity contribution in [1.29, 1.82) is 0 Å². The Balaban J connectivity index is 2.71. The van der Waals surface area contributed by atoms with Crippen LogP contribution >= 0.6 is 11.6 Å². The Hall–Kier alpha value is -0.960. The summed E-state index contributed by atoms with van der Waals surface area (Å²) in [5.41, 5.74) is -0.376. The van der Waals surface area contributed by atoms with Gasteiger partial charge in [0.1, 0.15) is 5.76 Å². The molecule has 0 aliphatic rings. The molecule has 1 heterocycles. The summed E-state index contributed by atoms with van der Waals surface area (Å²) in [6.45, 7) is 5.70. The molecule has 1 amide bonds. The van der Waals surface area contributed by atoms with E-state index >= 15 is 0 Å². The van der Waals surface area contributed by atoms with Crippen molar-refractivity contribution >= 4 is 17.5 Å². The lowest BCUT2D eigenvalue weighted by atomic mass is 10.0. The van der Waals surface area contributed by atoms with Crippen LogP contribution in [0.15, 0.2) is 16.5 Å². The summed E-state index contributed by atoms with van der Waals surface area (Å²) >= 11 is 5.80. The van der Waals surface area contributed by atoms with E-state index in [0.717, 1.165) is 12.2 Å². The van der Waals surface area contributed by atoms with E-state index in [1.165, 1.54) is 0 Å². The summed E-state index contributed by atoms with van der Waals surface area (Å²) in [6, 6.07) is 3.42. The first kappa shape index (κ1) is 12.1. The van der Waals surface area contributed by atoms with E-state index in [4.69, 9.17) is 16.0 Å². The maximum Gasteiger partial charge on any atom is 0.287 e. The van der Waals surface area contributed by atoms with Gasteiger partial charge in [-0.25, -0.2) is 0 Å². The number of nitrogens with one attached hydrogen (secondary N) is 1. The Morgan fingerprint density at radius 1 is 1.60 bits per heavy atom. The van der Waals surface area contributed by atoms with Crippen molar-refractivity contribution in [2.24, 2.45) is 0 Å². The van der Waals surface area contributed by atoms with Crippen LogP contribution < -0.4 is 5.32 Å². The molecule has 0 aromatic carbocycles. The average Bonchev–Trinajstić information content (AvgIpc) is 2.65. The fourth-order valence-corrected chi connectivity index (χ4v) is 1.36. The Kier molecular flexibility index (Phi) is 3.80. The number of carbonyl (C=O) groups excluding carboxylic acids is 1. The Morgan fingerprint density at radius 2 is 2.27 bits per heavy atom. The third-order valence-electron chi connectivity index (χ3n) is 2.45. The first-order valence-corrected chi connectivity index (χ1v) is 5.49. The standard InChI is InChI=1S/C11H16ClNO2/c1-4-11(3,7-12)13-10(14)9-6-5-8(2)15-9/h5-6H,4,7H2,1-3H3,(H,13,14). The number of rotatable bonds is 4. The van der Waals surface area contributed by atoms with Gasteiger partial charge in [-0.15, -0.1) is 11.6 Å². The molecule has 1 unspecified atom stereocenters. The monoisotopic (exact) mass is 229 g/mol. The molecule has 1 aromatic heterocycles. The highest BCUT2D eigenvalue weighted by Crippen LogP contribution is 2.13. The van der Waals surface area contributed by atoms with Crippen LogP contribution in [-0.2, 0) is 0 Å². The fraction of sp³-hybridized carbons (Fsp3) is 0.545. The average molecular weight is 230 g/mol. The zero-order valence-corrected chi connectivity index (χ0v) is 10.0. The van der Waals surface area contributed by atoms with Gasteiger partial charge in [0, 0.05) is 5.88 Å². The fourth-order valence-electron chi connectivity index (χ4n) is 1.11. The molecule has 15 heavy (non-hydrogen) atoms. The number of hydrogen-bond acceptors (Lipinski definition) is 2. The van der Waals surface area contributed by atoms with Gasteiger partial charge in [-0.05, 0) is 32.4 Å². The van der Waals surface area contributed by atoms with Crippen molar-refractivity contribution in [3.8, 4) is 0 Å². The summed E-state index contributed by atoms with van der Waals surface area (Å²) in [4.78, 5) is 11.7.